The quantitative estimate of drug-likeness (QED) is 0.568. The van der Waals surface area contributed by atoms with Crippen molar-refractivity contribution in [3.8, 4) is 0 Å². The van der Waals surface area contributed by atoms with Gasteiger partial charge in [0.25, 0.3) is 0 Å². The van der Waals surface area contributed by atoms with Crippen LogP contribution in [0.5, 0.6) is 0 Å². The lowest BCUT2D eigenvalue weighted by Gasteiger charge is -2.23. The third-order valence-electron chi connectivity index (χ3n) is 3.54. The molecular formula is C11H21N3O5S. The van der Waals surface area contributed by atoms with Crippen molar-refractivity contribution in [2.24, 2.45) is 5.41 Å². The van der Waals surface area contributed by atoms with Gasteiger partial charge in [0.05, 0.1) is 11.7 Å². The number of hydrogen-bond donors (Lipinski definition) is 3. The average molecular weight is 307 g/mol. The molecule has 0 spiro atoms. The summed E-state index contributed by atoms with van der Waals surface area (Å²) in [4.78, 5) is 24.6. The zero-order chi connectivity index (χ0) is 15.4. The lowest BCUT2D eigenvalue weighted by Crippen LogP contribution is -2.43. The Kier molecular flexibility index (Phi) is 5.35. The van der Waals surface area contributed by atoms with Gasteiger partial charge >= 0.3 is 12.0 Å². The summed E-state index contributed by atoms with van der Waals surface area (Å²) >= 11 is 0. The van der Waals surface area contributed by atoms with Crippen molar-refractivity contribution in [2.75, 3.05) is 32.4 Å². The number of aliphatic carboxylic acids is 1. The molecule has 116 valence electrons. The molecule has 1 rings (SSSR count). The van der Waals surface area contributed by atoms with Crippen LogP contribution in [0.15, 0.2) is 0 Å². The van der Waals surface area contributed by atoms with Crippen LogP contribution in [0.25, 0.3) is 0 Å². The van der Waals surface area contributed by atoms with Gasteiger partial charge in [-0.05, 0) is 12.8 Å². The van der Waals surface area contributed by atoms with Gasteiger partial charge in [0, 0.05) is 26.2 Å². The van der Waals surface area contributed by atoms with Crippen LogP contribution in [-0.2, 0) is 14.8 Å². The van der Waals surface area contributed by atoms with Crippen molar-refractivity contribution in [3.63, 3.8) is 0 Å². The fourth-order valence-corrected chi connectivity index (χ4v) is 2.65. The summed E-state index contributed by atoms with van der Waals surface area (Å²) < 4.78 is 23.9. The maximum absolute atomic E-state index is 11.8. The molecule has 0 bridgehead atoms. The maximum Gasteiger partial charge on any atom is 0.317 e. The van der Waals surface area contributed by atoms with Crippen LogP contribution in [0.1, 0.15) is 19.8 Å². The van der Waals surface area contributed by atoms with Gasteiger partial charge in [-0.15, -0.1) is 0 Å². The summed E-state index contributed by atoms with van der Waals surface area (Å²) in [5.41, 5.74) is -0.859. The molecule has 1 saturated heterocycles. The molecule has 0 radical (unpaired) electrons. The fraction of sp³-hybridized carbons (Fsp3) is 0.818. The number of carboxylic acid groups (broad SMARTS) is 1. The molecule has 2 amide bonds. The summed E-state index contributed by atoms with van der Waals surface area (Å²) in [7, 11) is -3.27. The van der Waals surface area contributed by atoms with Gasteiger partial charge in [-0.25, -0.2) is 17.9 Å². The number of carbonyl (C=O) groups excluding carboxylic acids is 1. The number of nitrogens with zero attached hydrogens (tertiary/aromatic N) is 1. The first kappa shape index (κ1) is 16.7. The van der Waals surface area contributed by atoms with Gasteiger partial charge in [0.2, 0.25) is 10.0 Å². The summed E-state index contributed by atoms with van der Waals surface area (Å²) in [6.45, 7) is 2.64. The molecule has 1 heterocycles. The first-order valence-corrected chi connectivity index (χ1v) is 8.30. The minimum Gasteiger partial charge on any atom is -0.481 e. The number of nitrogens with one attached hydrogen (secondary N) is 2. The van der Waals surface area contributed by atoms with Crippen LogP contribution in [0.4, 0.5) is 4.79 Å². The van der Waals surface area contributed by atoms with E-state index in [2.05, 4.69) is 10.0 Å². The minimum atomic E-state index is -3.27. The molecule has 9 heteroatoms. The highest BCUT2D eigenvalue weighted by Gasteiger charge is 2.44. The fourth-order valence-electron chi connectivity index (χ4n) is 2.18. The molecule has 0 saturated carbocycles. The molecule has 0 aromatic heterocycles. The van der Waals surface area contributed by atoms with Crippen LogP contribution in [-0.4, -0.2) is 62.9 Å². The summed E-state index contributed by atoms with van der Waals surface area (Å²) in [6, 6.07) is -0.364. The molecule has 1 unspecified atom stereocenters. The first-order valence-electron chi connectivity index (χ1n) is 6.41. The third kappa shape index (κ3) is 4.34. The third-order valence-corrected chi connectivity index (χ3v) is 4.27. The SMILES string of the molecule is CCC1(C(=O)O)CCN(C(=O)NCCNS(C)(=O)=O)C1. The van der Waals surface area contributed by atoms with E-state index in [1.54, 1.807) is 6.92 Å². The van der Waals surface area contributed by atoms with Crippen LogP contribution < -0.4 is 10.0 Å². The molecule has 1 fully saturated rings. The van der Waals surface area contributed by atoms with E-state index in [1.165, 1.54) is 4.90 Å². The van der Waals surface area contributed by atoms with Gasteiger partial charge in [-0.3, -0.25) is 4.79 Å². The molecular weight excluding hydrogens is 286 g/mol. The van der Waals surface area contributed by atoms with Crippen molar-refractivity contribution in [2.45, 2.75) is 19.8 Å². The van der Waals surface area contributed by atoms with E-state index in [4.69, 9.17) is 0 Å². The van der Waals surface area contributed by atoms with Crippen molar-refractivity contribution in [1.29, 1.82) is 0 Å². The number of rotatable bonds is 6. The van der Waals surface area contributed by atoms with E-state index in [1.807, 2.05) is 0 Å². The van der Waals surface area contributed by atoms with E-state index in [9.17, 15) is 23.1 Å². The van der Waals surface area contributed by atoms with Crippen molar-refractivity contribution < 1.29 is 23.1 Å². The standard InChI is InChI=1S/C11H21N3O5S/c1-3-11(9(15)16)4-7-14(8-11)10(17)12-5-6-13-20(2,18)19/h13H,3-8H2,1-2H3,(H,12,17)(H,15,16). The van der Waals surface area contributed by atoms with Crippen molar-refractivity contribution in [3.05, 3.63) is 0 Å². The number of hydrogen-bond acceptors (Lipinski definition) is 4. The Balaban J connectivity index is 2.41. The van der Waals surface area contributed by atoms with E-state index in [0.717, 1.165) is 6.26 Å². The Morgan fingerprint density at radius 3 is 2.45 bits per heavy atom. The lowest BCUT2D eigenvalue weighted by atomic mass is 9.84. The number of sulfonamides is 1. The second kappa shape index (κ2) is 6.40. The molecule has 3 N–H and O–H groups in total. The van der Waals surface area contributed by atoms with Crippen LogP contribution in [0, 0.1) is 5.41 Å². The molecule has 0 aromatic carbocycles. The molecule has 0 aliphatic carbocycles. The first-order chi connectivity index (χ1) is 9.20. The second-order valence-electron chi connectivity index (χ2n) is 5.01. The van der Waals surface area contributed by atoms with E-state index in [-0.39, 0.29) is 25.7 Å². The maximum atomic E-state index is 11.8. The smallest absolute Gasteiger partial charge is 0.317 e. The number of likely N-dealkylation sites (tertiary alicyclic amines) is 1. The van der Waals surface area contributed by atoms with Gasteiger partial charge in [0.15, 0.2) is 0 Å². The lowest BCUT2D eigenvalue weighted by molar-refractivity contribution is -0.148. The van der Waals surface area contributed by atoms with Crippen LogP contribution >= 0.6 is 0 Å². The zero-order valence-corrected chi connectivity index (χ0v) is 12.5. The summed E-state index contributed by atoms with van der Waals surface area (Å²) in [6.07, 6.45) is 1.95. The Labute approximate surface area is 118 Å². The van der Waals surface area contributed by atoms with E-state index in [0.29, 0.717) is 19.4 Å². The summed E-state index contributed by atoms with van der Waals surface area (Å²) in [5.74, 6) is -0.881. The van der Waals surface area contributed by atoms with Crippen molar-refractivity contribution >= 4 is 22.0 Å². The zero-order valence-electron chi connectivity index (χ0n) is 11.7. The van der Waals surface area contributed by atoms with Gasteiger partial charge in [0.1, 0.15) is 0 Å². The highest BCUT2D eigenvalue weighted by molar-refractivity contribution is 7.88. The molecule has 1 atom stereocenters. The Hall–Kier alpha value is -1.35. The molecule has 0 aromatic rings. The Morgan fingerprint density at radius 2 is 2.00 bits per heavy atom. The number of amides is 2. The normalized spacial score (nSPS) is 22.8. The largest absolute Gasteiger partial charge is 0.481 e. The molecule has 20 heavy (non-hydrogen) atoms. The average Bonchev–Trinajstić information content (AvgIpc) is 2.79. The number of carbonyl (C=O) groups is 2. The van der Waals surface area contributed by atoms with Gasteiger partial charge in [-0.2, -0.15) is 0 Å². The highest BCUT2D eigenvalue weighted by atomic mass is 32.2. The van der Waals surface area contributed by atoms with Crippen LogP contribution in [0.3, 0.4) is 0 Å². The predicted molar refractivity (Wildman–Crippen MR) is 72.8 cm³/mol. The van der Waals surface area contributed by atoms with E-state index < -0.39 is 21.4 Å². The molecule has 8 nitrogen and oxygen atoms in total. The monoisotopic (exact) mass is 307 g/mol. The highest BCUT2D eigenvalue weighted by Crippen LogP contribution is 2.34. The molecule has 1 aliphatic rings. The van der Waals surface area contributed by atoms with Gasteiger partial charge in [-0.1, -0.05) is 6.92 Å². The van der Waals surface area contributed by atoms with Crippen molar-refractivity contribution in [1.82, 2.24) is 14.9 Å². The Bertz CT molecular complexity index is 478. The van der Waals surface area contributed by atoms with E-state index >= 15 is 0 Å². The predicted octanol–water partition coefficient (Wildman–Crippen LogP) is -0.568. The topological polar surface area (TPSA) is 116 Å². The molecule has 1 aliphatic heterocycles. The Morgan fingerprint density at radius 1 is 1.35 bits per heavy atom. The number of urea groups is 1. The van der Waals surface area contributed by atoms with Crippen LogP contribution in [0.2, 0.25) is 0 Å². The summed E-state index contributed by atoms with van der Waals surface area (Å²) in [5, 5.41) is 11.8. The minimum absolute atomic E-state index is 0.107. The second-order valence-corrected chi connectivity index (χ2v) is 6.84. The van der Waals surface area contributed by atoms with Gasteiger partial charge < -0.3 is 15.3 Å². The number of carboxylic acids is 1.